The van der Waals surface area contributed by atoms with Crippen LogP contribution in [-0.2, 0) is 6.18 Å². The molecule has 0 spiro atoms. The minimum atomic E-state index is -4.54. The molecule has 122 valence electrons. The molecule has 3 rings (SSSR count). The maximum absolute atomic E-state index is 13.1. The predicted octanol–water partition coefficient (Wildman–Crippen LogP) is 2.87. The average Bonchev–Trinajstić information content (AvgIpc) is 2.55. The van der Waals surface area contributed by atoms with E-state index < -0.39 is 12.0 Å². The number of rotatable bonds is 2. The Labute approximate surface area is 127 Å². The first-order chi connectivity index (χ1) is 10.5. The topological polar surface area (TPSA) is 45.2 Å². The summed E-state index contributed by atoms with van der Waals surface area (Å²) in [6, 6.07) is 0. The van der Waals surface area contributed by atoms with Gasteiger partial charge in [0.2, 0.25) is 17.7 Å². The molecule has 2 fully saturated rings. The number of hydrogen-bond donors (Lipinski definition) is 0. The van der Waals surface area contributed by atoms with E-state index in [-0.39, 0.29) is 11.9 Å². The summed E-state index contributed by atoms with van der Waals surface area (Å²) < 4.78 is 39.3. The minimum Gasteiger partial charge on any atom is -0.341 e. The number of anilines is 2. The quantitative estimate of drug-likeness (QED) is 0.840. The van der Waals surface area contributed by atoms with Gasteiger partial charge in [-0.05, 0) is 38.5 Å². The molecule has 2 aliphatic rings. The van der Waals surface area contributed by atoms with Crippen LogP contribution in [0.3, 0.4) is 0 Å². The van der Waals surface area contributed by atoms with Gasteiger partial charge in [0.25, 0.3) is 0 Å². The van der Waals surface area contributed by atoms with Crippen molar-refractivity contribution in [2.24, 2.45) is 0 Å². The molecule has 1 aromatic heterocycles. The van der Waals surface area contributed by atoms with Gasteiger partial charge in [-0.1, -0.05) is 0 Å². The first kappa shape index (κ1) is 15.3. The summed E-state index contributed by atoms with van der Waals surface area (Å²) >= 11 is 0. The third kappa shape index (κ3) is 3.41. The predicted molar refractivity (Wildman–Crippen MR) is 77.0 cm³/mol. The lowest BCUT2D eigenvalue weighted by molar-refractivity contribution is -0.144. The SMILES string of the molecule is FC(F)(F)c1nc(N2CCCCC2)nc(N2CCCCC2)n1. The van der Waals surface area contributed by atoms with E-state index in [0.29, 0.717) is 26.2 Å². The van der Waals surface area contributed by atoms with Gasteiger partial charge in [-0.2, -0.15) is 28.1 Å². The number of nitrogens with zero attached hydrogens (tertiary/aromatic N) is 5. The Kier molecular flexibility index (Phi) is 4.35. The summed E-state index contributed by atoms with van der Waals surface area (Å²) in [6.07, 6.45) is 1.52. The summed E-state index contributed by atoms with van der Waals surface area (Å²) in [5, 5.41) is 0. The fraction of sp³-hybridized carbons (Fsp3) is 0.786. The molecule has 0 saturated carbocycles. The zero-order valence-electron chi connectivity index (χ0n) is 12.4. The number of alkyl halides is 3. The Morgan fingerprint density at radius 3 is 1.41 bits per heavy atom. The van der Waals surface area contributed by atoms with Crippen LogP contribution in [0.4, 0.5) is 25.1 Å². The number of aromatic nitrogens is 3. The van der Waals surface area contributed by atoms with Crippen LogP contribution in [0.15, 0.2) is 0 Å². The first-order valence-corrected chi connectivity index (χ1v) is 7.87. The van der Waals surface area contributed by atoms with E-state index in [1.54, 1.807) is 0 Å². The van der Waals surface area contributed by atoms with E-state index in [9.17, 15) is 13.2 Å². The number of hydrogen-bond acceptors (Lipinski definition) is 5. The van der Waals surface area contributed by atoms with Crippen LogP contribution in [-0.4, -0.2) is 41.1 Å². The standard InChI is InChI=1S/C14H20F3N5/c15-14(16,17)11-18-12(21-7-3-1-4-8-21)20-13(19-11)22-9-5-2-6-10-22/h1-10H2. The van der Waals surface area contributed by atoms with Crippen molar-refractivity contribution >= 4 is 11.9 Å². The summed E-state index contributed by atoms with van der Waals surface area (Å²) in [5.74, 6) is -0.742. The van der Waals surface area contributed by atoms with Crippen LogP contribution in [0.1, 0.15) is 44.3 Å². The van der Waals surface area contributed by atoms with Crippen LogP contribution in [0.25, 0.3) is 0 Å². The monoisotopic (exact) mass is 315 g/mol. The lowest BCUT2D eigenvalue weighted by Crippen LogP contribution is -2.35. The van der Waals surface area contributed by atoms with Crippen molar-refractivity contribution in [3.05, 3.63) is 5.82 Å². The van der Waals surface area contributed by atoms with Crippen LogP contribution >= 0.6 is 0 Å². The van der Waals surface area contributed by atoms with Crippen molar-refractivity contribution in [1.29, 1.82) is 0 Å². The van der Waals surface area contributed by atoms with Gasteiger partial charge >= 0.3 is 6.18 Å². The van der Waals surface area contributed by atoms with Crippen molar-refractivity contribution in [1.82, 2.24) is 15.0 Å². The number of halogens is 3. The molecule has 22 heavy (non-hydrogen) atoms. The minimum absolute atomic E-state index is 0.169. The second-order valence-electron chi connectivity index (χ2n) is 5.85. The van der Waals surface area contributed by atoms with E-state index >= 15 is 0 Å². The van der Waals surface area contributed by atoms with Crippen molar-refractivity contribution in [2.45, 2.75) is 44.7 Å². The molecule has 5 nitrogen and oxygen atoms in total. The van der Waals surface area contributed by atoms with Gasteiger partial charge in [0.05, 0.1) is 0 Å². The molecule has 2 aliphatic heterocycles. The lowest BCUT2D eigenvalue weighted by atomic mass is 10.1. The van der Waals surface area contributed by atoms with Gasteiger partial charge in [-0.3, -0.25) is 0 Å². The Hall–Kier alpha value is -1.60. The highest BCUT2D eigenvalue weighted by molar-refractivity contribution is 5.40. The van der Waals surface area contributed by atoms with Crippen molar-refractivity contribution < 1.29 is 13.2 Å². The molecule has 1 aromatic rings. The molecular weight excluding hydrogens is 295 g/mol. The molecule has 0 aliphatic carbocycles. The molecule has 0 amide bonds. The Bertz CT molecular complexity index is 471. The molecule has 2 saturated heterocycles. The largest absolute Gasteiger partial charge is 0.451 e. The summed E-state index contributed by atoms with van der Waals surface area (Å²) in [5.41, 5.74) is 0. The highest BCUT2D eigenvalue weighted by atomic mass is 19.4. The van der Waals surface area contributed by atoms with Gasteiger partial charge in [-0.15, -0.1) is 0 Å². The maximum atomic E-state index is 13.1. The first-order valence-electron chi connectivity index (χ1n) is 7.87. The third-order valence-electron chi connectivity index (χ3n) is 4.14. The molecular formula is C14H20F3N5. The third-order valence-corrected chi connectivity index (χ3v) is 4.14. The van der Waals surface area contributed by atoms with E-state index in [0.717, 1.165) is 38.5 Å². The molecule has 0 N–H and O–H groups in total. The molecule has 3 heterocycles. The fourth-order valence-corrected chi connectivity index (χ4v) is 2.95. The van der Waals surface area contributed by atoms with Crippen LogP contribution < -0.4 is 9.80 Å². The van der Waals surface area contributed by atoms with Crippen LogP contribution in [0.2, 0.25) is 0 Å². The van der Waals surface area contributed by atoms with Crippen molar-refractivity contribution in [3.63, 3.8) is 0 Å². The maximum Gasteiger partial charge on any atom is 0.451 e. The second-order valence-corrected chi connectivity index (χ2v) is 5.85. The smallest absolute Gasteiger partial charge is 0.341 e. The van der Waals surface area contributed by atoms with E-state index in [1.807, 2.05) is 9.80 Å². The molecule has 0 atom stereocenters. The molecule has 0 bridgehead atoms. The second kappa shape index (κ2) is 6.26. The molecule has 0 radical (unpaired) electrons. The fourth-order valence-electron chi connectivity index (χ4n) is 2.95. The molecule has 0 aromatic carbocycles. The van der Waals surface area contributed by atoms with Gasteiger partial charge in [0.15, 0.2) is 0 Å². The van der Waals surface area contributed by atoms with Crippen molar-refractivity contribution in [3.8, 4) is 0 Å². The normalized spacial score (nSPS) is 20.3. The summed E-state index contributed by atoms with van der Waals surface area (Å²) in [7, 11) is 0. The zero-order chi connectivity index (χ0) is 15.6. The Balaban J connectivity index is 1.93. The van der Waals surface area contributed by atoms with Crippen LogP contribution in [0, 0.1) is 0 Å². The van der Waals surface area contributed by atoms with Gasteiger partial charge in [0, 0.05) is 26.2 Å². The van der Waals surface area contributed by atoms with Crippen molar-refractivity contribution in [2.75, 3.05) is 36.0 Å². The Morgan fingerprint density at radius 1 is 0.636 bits per heavy atom. The summed E-state index contributed by atoms with van der Waals surface area (Å²) in [4.78, 5) is 15.4. The highest BCUT2D eigenvalue weighted by Gasteiger charge is 2.37. The van der Waals surface area contributed by atoms with E-state index in [2.05, 4.69) is 15.0 Å². The summed E-state index contributed by atoms with van der Waals surface area (Å²) in [6.45, 7) is 2.84. The van der Waals surface area contributed by atoms with E-state index in [4.69, 9.17) is 0 Å². The van der Waals surface area contributed by atoms with E-state index in [1.165, 1.54) is 0 Å². The molecule has 8 heteroatoms. The highest BCUT2D eigenvalue weighted by Crippen LogP contribution is 2.30. The van der Waals surface area contributed by atoms with Gasteiger partial charge < -0.3 is 9.80 Å². The van der Waals surface area contributed by atoms with Crippen LogP contribution in [0.5, 0.6) is 0 Å². The average molecular weight is 315 g/mol. The molecule has 0 unspecified atom stereocenters. The number of piperidine rings is 2. The lowest BCUT2D eigenvalue weighted by Gasteiger charge is -2.30. The zero-order valence-corrected chi connectivity index (χ0v) is 12.4. The van der Waals surface area contributed by atoms with Gasteiger partial charge in [0.1, 0.15) is 0 Å². The van der Waals surface area contributed by atoms with Gasteiger partial charge in [-0.25, -0.2) is 0 Å². The Morgan fingerprint density at radius 2 is 1.05 bits per heavy atom.